The lowest BCUT2D eigenvalue weighted by atomic mass is 9.98. The highest BCUT2D eigenvalue weighted by Crippen LogP contribution is 2.26. The van der Waals surface area contributed by atoms with Crippen LogP contribution in [0.1, 0.15) is 50.0 Å². The molecule has 3 atom stereocenters. The number of amides is 3. The first-order valence-corrected chi connectivity index (χ1v) is 11.3. The second-order valence-corrected chi connectivity index (χ2v) is 8.80. The van der Waals surface area contributed by atoms with E-state index in [-0.39, 0.29) is 18.2 Å². The van der Waals surface area contributed by atoms with Gasteiger partial charge in [-0.1, -0.05) is 19.9 Å². The minimum Gasteiger partial charge on any atom is -0.496 e. The average Bonchev–Trinajstić information content (AvgIpc) is 3.41. The summed E-state index contributed by atoms with van der Waals surface area (Å²) < 4.78 is 5.35. The third-order valence-electron chi connectivity index (χ3n) is 5.90. The minimum atomic E-state index is -0.804. The number of aromatic nitrogens is 1. The van der Waals surface area contributed by atoms with Crippen molar-refractivity contribution in [3.05, 3.63) is 30.0 Å². The number of methoxy groups -OCH3 is 1. The highest BCUT2D eigenvalue weighted by molar-refractivity contribution is 6.01. The molecule has 0 unspecified atom stereocenters. The number of carbonyl (C=O) groups excluding carboxylic acids is 3. The highest BCUT2D eigenvalue weighted by Gasteiger charge is 2.30. The van der Waals surface area contributed by atoms with Crippen LogP contribution in [0.3, 0.4) is 0 Å². The van der Waals surface area contributed by atoms with E-state index in [4.69, 9.17) is 4.74 Å². The highest BCUT2D eigenvalue weighted by atomic mass is 16.5. The Morgan fingerprint density at radius 1 is 1.27 bits per heavy atom. The van der Waals surface area contributed by atoms with Gasteiger partial charge in [0.05, 0.1) is 13.2 Å². The molecule has 1 aromatic heterocycles. The van der Waals surface area contributed by atoms with Gasteiger partial charge < -0.3 is 25.7 Å². The fraction of sp³-hybridized carbons (Fsp3) is 0.500. The molecule has 9 heteroatoms. The van der Waals surface area contributed by atoms with Gasteiger partial charge in [-0.15, -0.1) is 0 Å². The number of carbonyl (C=O) groups is 3. The summed E-state index contributed by atoms with van der Waals surface area (Å²) in [5.41, 5.74) is 1.07. The van der Waals surface area contributed by atoms with E-state index in [1.165, 1.54) is 0 Å². The van der Waals surface area contributed by atoms with E-state index in [2.05, 4.69) is 27.0 Å². The largest absolute Gasteiger partial charge is 0.496 e. The number of ether oxygens (including phenoxy) is 1. The number of fused-ring (bicyclic) bond motifs is 1. The van der Waals surface area contributed by atoms with Crippen LogP contribution < -0.4 is 20.7 Å². The maximum Gasteiger partial charge on any atom is 0.268 e. The van der Waals surface area contributed by atoms with E-state index in [1.54, 1.807) is 13.2 Å². The Balaban J connectivity index is 1.71. The Hall–Kier alpha value is -3.54. The number of nitriles is 1. The Kier molecular flexibility index (Phi) is 7.93. The SMILES string of the molecule is COc1cccc2[nH]c(C(=O)N[C@H](CCC(C)C)C(=O)N[C@H](C#N)C[C@@H]3CCNC3=O)cc12. The van der Waals surface area contributed by atoms with Gasteiger partial charge in [0.1, 0.15) is 23.5 Å². The first-order chi connectivity index (χ1) is 15.8. The van der Waals surface area contributed by atoms with E-state index >= 15 is 0 Å². The van der Waals surface area contributed by atoms with Gasteiger partial charge in [-0.3, -0.25) is 14.4 Å². The number of nitrogens with zero attached hydrogens (tertiary/aromatic N) is 1. The Morgan fingerprint density at radius 3 is 2.70 bits per heavy atom. The van der Waals surface area contributed by atoms with E-state index in [0.29, 0.717) is 36.7 Å². The lowest BCUT2D eigenvalue weighted by Gasteiger charge is -2.21. The summed E-state index contributed by atoms with van der Waals surface area (Å²) in [6, 6.07) is 7.63. The standard InChI is InChI=1S/C24H31N5O4/c1-14(2)7-8-19(23(31)27-16(13-25)11-15-9-10-26-22(15)30)29-24(32)20-12-17-18(28-20)5-4-6-21(17)33-3/h4-6,12,14-16,19,28H,7-11H2,1-3H3,(H,26,30)(H,27,31)(H,29,32)/t15-,16-,19+/m0/s1. The number of H-pyrrole nitrogens is 1. The summed E-state index contributed by atoms with van der Waals surface area (Å²) in [5.74, 6) is -0.250. The Bertz CT molecular complexity index is 1050. The first-order valence-electron chi connectivity index (χ1n) is 11.3. The molecule has 33 heavy (non-hydrogen) atoms. The smallest absolute Gasteiger partial charge is 0.268 e. The van der Waals surface area contributed by atoms with Crippen molar-refractivity contribution in [1.82, 2.24) is 20.9 Å². The zero-order chi connectivity index (χ0) is 24.0. The van der Waals surface area contributed by atoms with Crippen molar-refractivity contribution in [2.24, 2.45) is 11.8 Å². The van der Waals surface area contributed by atoms with E-state index in [1.807, 2.05) is 32.0 Å². The van der Waals surface area contributed by atoms with E-state index < -0.39 is 23.9 Å². The van der Waals surface area contributed by atoms with Crippen LogP contribution in [0.5, 0.6) is 5.75 Å². The van der Waals surface area contributed by atoms with Gasteiger partial charge in [0.15, 0.2) is 0 Å². The fourth-order valence-electron chi connectivity index (χ4n) is 4.00. The number of rotatable bonds is 10. The van der Waals surface area contributed by atoms with Crippen LogP contribution in [0.2, 0.25) is 0 Å². The van der Waals surface area contributed by atoms with Gasteiger partial charge >= 0.3 is 0 Å². The molecule has 1 aliphatic heterocycles. The molecule has 9 nitrogen and oxygen atoms in total. The maximum atomic E-state index is 13.0. The number of hydrogen-bond donors (Lipinski definition) is 4. The van der Waals surface area contributed by atoms with Crippen LogP contribution >= 0.6 is 0 Å². The van der Waals surface area contributed by atoms with E-state index in [9.17, 15) is 19.6 Å². The molecule has 2 heterocycles. The molecule has 0 aliphatic carbocycles. The third kappa shape index (κ3) is 6.04. The molecule has 0 saturated carbocycles. The Labute approximate surface area is 193 Å². The molecular formula is C24H31N5O4. The van der Waals surface area contributed by atoms with Gasteiger partial charge in [-0.05, 0) is 49.8 Å². The summed E-state index contributed by atoms with van der Waals surface area (Å²) in [5, 5.41) is 18.5. The minimum absolute atomic E-state index is 0.0941. The molecule has 3 amide bonds. The van der Waals surface area contributed by atoms with Gasteiger partial charge in [0.25, 0.3) is 5.91 Å². The number of hydrogen-bond acceptors (Lipinski definition) is 5. The summed E-state index contributed by atoms with van der Waals surface area (Å²) >= 11 is 0. The molecule has 1 saturated heterocycles. The molecule has 2 aromatic rings. The fourth-order valence-corrected chi connectivity index (χ4v) is 4.00. The first kappa shape index (κ1) is 24.1. The van der Waals surface area contributed by atoms with Crippen LogP contribution in [0, 0.1) is 23.2 Å². The monoisotopic (exact) mass is 453 g/mol. The van der Waals surface area contributed by atoms with Gasteiger partial charge in [0.2, 0.25) is 11.8 Å². The Morgan fingerprint density at radius 2 is 2.06 bits per heavy atom. The predicted molar refractivity (Wildman–Crippen MR) is 123 cm³/mol. The van der Waals surface area contributed by atoms with Gasteiger partial charge in [-0.25, -0.2) is 0 Å². The second kappa shape index (κ2) is 10.9. The summed E-state index contributed by atoms with van der Waals surface area (Å²) in [7, 11) is 1.56. The van der Waals surface area contributed by atoms with Crippen LogP contribution in [-0.2, 0) is 9.59 Å². The van der Waals surface area contributed by atoms with Crippen molar-refractivity contribution in [2.75, 3.05) is 13.7 Å². The molecule has 0 bridgehead atoms. The molecule has 176 valence electrons. The van der Waals surface area contributed by atoms with Crippen LogP contribution in [0.15, 0.2) is 24.3 Å². The molecule has 1 fully saturated rings. The zero-order valence-electron chi connectivity index (χ0n) is 19.2. The summed E-state index contributed by atoms with van der Waals surface area (Å²) in [4.78, 5) is 40.9. The second-order valence-electron chi connectivity index (χ2n) is 8.80. The topological polar surface area (TPSA) is 136 Å². The third-order valence-corrected chi connectivity index (χ3v) is 5.90. The quantitative estimate of drug-likeness (QED) is 0.437. The normalized spacial score (nSPS) is 17.3. The van der Waals surface area contributed by atoms with E-state index in [0.717, 1.165) is 17.3 Å². The van der Waals surface area contributed by atoms with Crippen molar-refractivity contribution in [1.29, 1.82) is 5.26 Å². The van der Waals surface area contributed by atoms with Crippen molar-refractivity contribution < 1.29 is 19.1 Å². The van der Waals surface area contributed by atoms with Crippen LogP contribution in [-0.4, -0.2) is 48.4 Å². The van der Waals surface area contributed by atoms with Gasteiger partial charge in [-0.2, -0.15) is 5.26 Å². The molecule has 0 radical (unpaired) electrons. The van der Waals surface area contributed by atoms with Crippen molar-refractivity contribution in [2.45, 2.75) is 51.6 Å². The molecule has 4 N–H and O–H groups in total. The molecule has 3 rings (SSSR count). The average molecular weight is 454 g/mol. The van der Waals surface area contributed by atoms with Crippen molar-refractivity contribution >= 4 is 28.6 Å². The maximum absolute atomic E-state index is 13.0. The molecular weight excluding hydrogens is 422 g/mol. The van der Waals surface area contributed by atoms with Crippen LogP contribution in [0.4, 0.5) is 0 Å². The number of benzene rings is 1. The molecule has 0 spiro atoms. The number of aromatic amines is 1. The molecule has 1 aromatic carbocycles. The summed E-state index contributed by atoms with van der Waals surface area (Å²) in [6.07, 6.45) is 2.05. The lowest BCUT2D eigenvalue weighted by molar-refractivity contribution is -0.125. The lowest BCUT2D eigenvalue weighted by Crippen LogP contribution is -2.50. The zero-order valence-corrected chi connectivity index (χ0v) is 19.2. The predicted octanol–water partition coefficient (Wildman–Crippen LogP) is 2.25. The summed E-state index contributed by atoms with van der Waals surface area (Å²) in [6.45, 7) is 4.66. The number of nitrogens with one attached hydrogen (secondary N) is 4. The van der Waals surface area contributed by atoms with Gasteiger partial charge in [0, 0.05) is 23.4 Å². The van der Waals surface area contributed by atoms with Crippen molar-refractivity contribution in [3.63, 3.8) is 0 Å². The van der Waals surface area contributed by atoms with Crippen molar-refractivity contribution in [3.8, 4) is 11.8 Å². The van der Waals surface area contributed by atoms with Crippen LogP contribution in [0.25, 0.3) is 10.9 Å². The molecule has 1 aliphatic rings.